The number of carbonyl (C=O) groups excluding carboxylic acids is 1. The average Bonchev–Trinajstić information content (AvgIpc) is 2.08. The zero-order chi connectivity index (χ0) is 10.0. The highest BCUT2D eigenvalue weighted by molar-refractivity contribution is 6.30. The molecule has 0 amide bonds. The number of alkyl halides is 1. The van der Waals surface area contributed by atoms with Crippen LogP contribution in [0.15, 0.2) is 18.2 Å². The van der Waals surface area contributed by atoms with Crippen LogP contribution in [0.1, 0.15) is 23.4 Å². The van der Waals surface area contributed by atoms with Gasteiger partial charge in [-0.25, -0.2) is 0 Å². The van der Waals surface area contributed by atoms with Crippen LogP contribution in [-0.2, 0) is 4.79 Å². The molecule has 0 saturated heterocycles. The van der Waals surface area contributed by atoms with Crippen LogP contribution in [-0.4, -0.2) is 10.9 Å². The minimum atomic E-state index is -0.661. The summed E-state index contributed by atoms with van der Waals surface area (Å²) in [5.74, 6) is 0.0503. The topological polar surface area (TPSA) is 37.3 Å². The average molecular weight is 199 g/mol. The molecule has 0 saturated carbocycles. The van der Waals surface area contributed by atoms with E-state index in [9.17, 15) is 9.90 Å². The van der Waals surface area contributed by atoms with E-state index in [4.69, 9.17) is 11.6 Å². The Morgan fingerprint density at radius 3 is 2.62 bits per heavy atom. The number of hydrogen-bond acceptors (Lipinski definition) is 2. The first kappa shape index (κ1) is 10.1. The van der Waals surface area contributed by atoms with Crippen LogP contribution in [0.2, 0.25) is 0 Å². The molecule has 70 valence electrons. The van der Waals surface area contributed by atoms with E-state index in [1.807, 2.05) is 0 Å². The van der Waals surface area contributed by atoms with E-state index in [0.717, 1.165) is 5.56 Å². The summed E-state index contributed by atoms with van der Waals surface area (Å²) in [6.45, 7) is 3.21. The second kappa shape index (κ2) is 3.79. The van der Waals surface area contributed by atoms with Gasteiger partial charge in [0, 0.05) is 0 Å². The molecule has 0 aliphatic heterocycles. The zero-order valence-corrected chi connectivity index (χ0v) is 8.30. The Labute approximate surface area is 82.2 Å². The minimum Gasteiger partial charge on any atom is -0.508 e. The molecule has 1 atom stereocenters. The van der Waals surface area contributed by atoms with Crippen molar-refractivity contribution in [3.05, 3.63) is 29.3 Å². The first-order valence-electron chi connectivity index (χ1n) is 3.96. The first-order chi connectivity index (χ1) is 6.02. The van der Waals surface area contributed by atoms with E-state index >= 15 is 0 Å². The molecule has 0 heterocycles. The molecule has 1 rings (SSSR count). The summed E-state index contributed by atoms with van der Waals surface area (Å²) in [7, 11) is 0. The van der Waals surface area contributed by atoms with Crippen molar-refractivity contribution in [3.8, 4) is 5.75 Å². The molecule has 0 aromatic heterocycles. The van der Waals surface area contributed by atoms with Gasteiger partial charge in [0.25, 0.3) is 0 Å². The molecule has 2 nitrogen and oxygen atoms in total. The molecule has 0 aliphatic carbocycles. The lowest BCUT2D eigenvalue weighted by Gasteiger charge is -2.07. The maximum atomic E-state index is 10.9. The fourth-order valence-corrected chi connectivity index (χ4v) is 1.15. The van der Waals surface area contributed by atoms with Crippen LogP contribution in [0.3, 0.4) is 0 Å². The van der Waals surface area contributed by atoms with E-state index in [2.05, 4.69) is 0 Å². The number of halogens is 1. The van der Waals surface area contributed by atoms with Crippen LogP contribution in [0, 0.1) is 6.92 Å². The maximum Gasteiger partial charge on any atom is 0.152 e. The van der Waals surface area contributed by atoms with Gasteiger partial charge in [-0.1, -0.05) is 12.1 Å². The lowest BCUT2D eigenvalue weighted by molar-refractivity contribution is -0.116. The highest BCUT2D eigenvalue weighted by Crippen LogP contribution is 2.26. The quantitative estimate of drug-likeness (QED) is 0.742. The highest BCUT2D eigenvalue weighted by atomic mass is 35.5. The van der Waals surface area contributed by atoms with E-state index in [-0.39, 0.29) is 11.5 Å². The lowest BCUT2D eigenvalue weighted by Crippen LogP contribution is -2.01. The van der Waals surface area contributed by atoms with Gasteiger partial charge < -0.3 is 5.11 Å². The summed E-state index contributed by atoms with van der Waals surface area (Å²) in [6, 6.07) is 5.01. The van der Waals surface area contributed by atoms with Crippen LogP contribution in [0.5, 0.6) is 5.75 Å². The van der Waals surface area contributed by atoms with Crippen molar-refractivity contribution in [2.75, 3.05) is 0 Å². The van der Waals surface area contributed by atoms with Crippen molar-refractivity contribution < 1.29 is 9.90 Å². The van der Waals surface area contributed by atoms with Gasteiger partial charge in [0.05, 0.1) is 0 Å². The summed E-state index contributed by atoms with van der Waals surface area (Å²) in [5, 5.41) is 8.70. The monoisotopic (exact) mass is 198 g/mol. The first-order valence-corrected chi connectivity index (χ1v) is 4.40. The third-order valence-electron chi connectivity index (χ3n) is 1.88. The Morgan fingerprint density at radius 1 is 1.54 bits per heavy atom. The number of ketones is 1. The summed E-state index contributed by atoms with van der Waals surface area (Å²) >= 11 is 5.80. The number of Topliss-reactive ketones (excluding diaryl/α,β-unsaturated/α-hetero) is 1. The Morgan fingerprint density at radius 2 is 2.15 bits per heavy atom. The maximum absolute atomic E-state index is 10.9. The molecule has 0 aliphatic rings. The van der Waals surface area contributed by atoms with Gasteiger partial charge in [-0.2, -0.15) is 0 Å². The fourth-order valence-electron chi connectivity index (χ4n) is 1.02. The smallest absolute Gasteiger partial charge is 0.152 e. The summed E-state index contributed by atoms with van der Waals surface area (Å²) in [6.07, 6.45) is 0. The number of hydrogen-bond donors (Lipinski definition) is 1. The van der Waals surface area contributed by atoms with Crippen LogP contribution in [0.4, 0.5) is 0 Å². The summed E-state index contributed by atoms with van der Waals surface area (Å²) in [4.78, 5) is 10.9. The van der Waals surface area contributed by atoms with Gasteiger partial charge in [0.15, 0.2) is 5.78 Å². The van der Waals surface area contributed by atoms with Crippen molar-refractivity contribution in [1.29, 1.82) is 0 Å². The molecule has 1 aromatic rings. The third kappa shape index (κ3) is 2.22. The molecule has 1 N–H and O–H groups in total. The minimum absolute atomic E-state index is 0.120. The van der Waals surface area contributed by atoms with Crippen molar-refractivity contribution in [2.24, 2.45) is 0 Å². The number of carbonyl (C=O) groups is 1. The predicted molar refractivity (Wildman–Crippen MR) is 52.1 cm³/mol. The van der Waals surface area contributed by atoms with Crippen molar-refractivity contribution in [1.82, 2.24) is 0 Å². The van der Waals surface area contributed by atoms with Crippen LogP contribution in [0.25, 0.3) is 0 Å². The molecule has 0 fully saturated rings. The number of aryl methyl sites for hydroxylation is 1. The molecule has 1 unspecified atom stereocenters. The van der Waals surface area contributed by atoms with Gasteiger partial charge in [0.2, 0.25) is 0 Å². The molecular weight excluding hydrogens is 188 g/mol. The second-order valence-corrected chi connectivity index (χ2v) is 3.46. The normalized spacial score (nSPS) is 12.5. The van der Waals surface area contributed by atoms with Crippen molar-refractivity contribution in [3.63, 3.8) is 0 Å². The molecule has 0 radical (unpaired) electrons. The van der Waals surface area contributed by atoms with Crippen molar-refractivity contribution >= 4 is 17.4 Å². The van der Waals surface area contributed by atoms with Crippen LogP contribution >= 0.6 is 11.6 Å². The zero-order valence-electron chi connectivity index (χ0n) is 7.54. The van der Waals surface area contributed by atoms with E-state index < -0.39 is 5.38 Å². The third-order valence-corrected chi connectivity index (χ3v) is 2.44. The molecule has 3 heteroatoms. The molecular formula is C10H11ClO2. The summed E-state index contributed by atoms with van der Waals surface area (Å²) < 4.78 is 0. The highest BCUT2D eigenvalue weighted by Gasteiger charge is 2.13. The largest absolute Gasteiger partial charge is 0.508 e. The van der Waals surface area contributed by atoms with Crippen LogP contribution < -0.4 is 0 Å². The number of aromatic hydroxyl groups is 1. The Balaban J connectivity index is 3.03. The number of benzene rings is 1. The number of phenolic OH excluding ortho intramolecular Hbond substituents is 1. The SMILES string of the molecule is CC(=O)C(Cl)c1ccc(C)c(O)c1. The summed E-state index contributed by atoms with van der Waals surface area (Å²) in [5.41, 5.74) is 1.41. The van der Waals surface area contributed by atoms with E-state index in [0.29, 0.717) is 5.56 Å². The molecule has 0 spiro atoms. The van der Waals surface area contributed by atoms with Gasteiger partial charge in [-0.3, -0.25) is 4.79 Å². The van der Waals surface area contributed by atoms with Gasteiger partial charge in [0.1, 0.15) is 11.1 Å². The number of rotatable bonds is 2. The molecule has 13 heavy (non-hydrogen) atoms. The molecule has 0 bridgehead atoms. The van der Waals surface area contributed by atoms with E-state index in [1.54, 1.807) is 19.1 Å². The standard InChI is InChI=1S/C10H11ClO2/c1-6-3-4-8(5-9(6)13)10(11)7(2)12/h3-5,10,13H,1-2H3. The van der Waals surface area contributed by atoms with Gasteiger partial charge >= 0.3 is 0 Å². The fraction of sp³-hybridized carbons (Fsp3) is 0.300. The van der Waals surface area contributed by atoms with E-state index in [1.165, 1.54) is 13.0 Å². The van der Waals surface area contributed by atoms with Gasteiger partial charge in [-0.05, 0) is 31.0 Å². The Kier molecular flexibility index (Phi) is 2.94. The predicted octanol–water partition coefficient (Wildman–Crippen LogP) is 2.57. The second-order valence-electron chi connectivity index (χ2n) is 3.02. The Hall–Kier alpha value is -1.02. The van der Waals surface area contributed by atoms with Crippen molar-refractivity contribution in [2.45, 2.75) is 19.2 Å². The molecule has 1 aromatic carbocycles. The lowest BCUT2D eigenvalue weighted by atomic mass is 10.1. The Bertz CT molecular complexity index is 334. The van der Waals surface area contributed by atoms with Gasteiger partial charge in [-0.15, -0.1) is 11.6 Å². The number of phenols is 1.